The van der Waals surface area contributed by atoms with Crippen LogP contribution in [-0.2, 0) is 28.6 Å². The van der Waals surface area contributed by atoms with Crippen molar-refractivity contribution in [2.24, 2.45) is 0 Å². The largest absolute Gasteiger partial charge is 0.462 e. The Kier molecular flexibility index (Phi) is 63.7. The first-order valence-electron chi connectivity index (χ1n) is 33.9. The SMILES string of the molecule is CC/C=C\C/C=C\C/C=C\C/C=C\CCCCCCC(=O)OC(COC(=O)CCCCCCCCCCCCCCCCCC)COC(=O)CCCCCCCCCCCCCCCCC/C=C\C/C=C\CCCCCCC. The lowest BCUT2D eigenvalue weighted by molar-refractivity contribution is -0.167. The molecule has 0 aromatic carbocycles. The first-order chi connectivity index (χ1) is 38.5. The van der Waals surface area contributed by atoms with Gasteiger partial charge in [0.15, 0.2) is 6.10 Å². The molecule has 0 amide bonds. The zero-order valence-corrected chi connectivity index (χ0v) is 51.9. The summed E-state index contributed by atoms with van der Waals surface area (Å²) in [5, 5.41) is 0. The lowest BCUT2D eigenvalue weighted by Crippen LogP contribution is -2.30. The molecule has 0 rings (SSSR count). The van der Waals surface area contributed by atoms with Crippen molar-refractivity contribution in [3.8, 4) is 0 Å². The third kappa shape index (κ3) is 63.7. The second kappa shape index (κ2) is 66.4. The number of allylic oxidation sites excluding steroid dienone is 12. The molecular formula is C72H128O6. The maximum absolute atomic E-state index is 12.9. The minimum Gasteiger partial charge on any atom is -0.462 e. The molecule has 0 radical (unpaired) electrons. The van der Waals surface area contributed by atoms with Gasteiger partial charge in [0.25, 0.3) is 0 Å². The molecule has 0 bridgehead atoms. The van der Waals surface area contributed by atoms with E-state index in [1.807, 2.05) is 0 Å². The second-order valence-electron chi connectivity index (χ2n) is 22.7. The number of carbonyl (C=O) groups is 3. The van der Waals surface area contributed by atoms with E-state index in [0.29, 0.717) is 19.3 Å². The Bertz CT molecular complexity index is 1440. The fourth-order valence-corrected chi connectivity index (χ4v) is 9.88. The van der Waals surface area contributed by atoms with E-state index < -0.39 is 6.10 Å². The van der Waals surface area contributed by atoms with Gasteiger partial charge < -0.3 is 14.2 Å². The molecule has 6 nitrogen and oxygen atoms in total. The second-order valence-corrected chi connectivity index (χ2v) is 22.7. The number of rotatable bonds is 62. The molecule has 452 valence electrons. The van der Waals surface area contributed by atoms with Crippen LogP contribution in [0.3, 0.4) is 0 Å². The summed E-state index contributed by atoms with van der Waals surface area (Å²) in [6.07, 6.45) is 86.3. The smallest absolute Gasteiger partial charge is 0.306 e. The lowest BCUT2D eigenvalue weighted by atomic mass is 10.0. The predicted molar refractivity (Wildman–Crippen MR) is 339 cm³/mol. The molecule has 0 aromatic heterocycles. The van der Waals surface area contributed by atoms with E-state index in [0.717, 1.165) is 103 Å². The van der Waals surface area contributed by atoms with Gasteiger partial charge in [-0.05, 0) is 89.9 Å². The molecule has 0 aliphatic rings. The van der Waals surface area contributed by atoms with Crippen molar-refractivity contribution in [1.82, 2.24) is 0 Å². The number of esters is 3. The summed E-state index contributed by atoms with van der Waals surface area (Å²) in [5.41, 5.74) is 0. The summed E-state index contributed by atoms with van der Waals surface area (Å²) in [4.78, 5) is 38.4. The Balaban J connectivity index is 4.29. The number of unbranched alkanes of at least 4 members (excludes halogenated alkanes) is 39. The number of hydrogen-bond donors (Lipinski definition) is 0. The van der Waals surface area contributed by atoms with Gasteiger partial charge in [-0.25, -0.2) is 0 Å². The van der Waals surface area contributed by atoms with Crippen molar-refractivity contribution in [1.29, 1.82) is 0 Å². The van der Waals surface area contributed by atoms with Crippen LogP contribution in [-0.4, -0.2) is 37.2 Å². The Labute approximate surface area is 484 Å². The molecule has 0 saturated carbocycles. The van der Waals surface area contributed by atoms with Crippen LogP contribution in [0.1, 0.15) is 348 Å². The van der Waals surface area contributed by atoms with E-state index in [1.165, 1.54) is 205 Å². The molecule has 1 atom stereocenters. The van der Waals surface area contributed by atoms with Gasteiger partial charge in [0.05, 0.1) is 0 Å². The van der Waals surface area contributed by atoms with Gasteiger partial charge in [-0.2, -0.15) is 0 Å². The summed E-state index contributed by atoms with van der Waals surface area (Å²) < 4.78 is 17.0. The fraction of sp³-hybridized carbons (Fsp3) is 0.792. The normalized spacial score (nSPS) is 12.5. The fourth-order valence-electron chi connectivity index (χ4n) is 9.88. The highest BCUT2D eigenvalue weighted by Gasteiger charge is 2.19. The number of ether oxygens (including phenoxy) is 3. The van der Waals surface area contributed by atoms with E-state index in [4.69, 9.17) is 14.2 Å². The number of hydrogen-bond acceptors (Lipinski definition) is 6. The third-order valence-corrected chi connectivity index (χ3v) is 14.9. The highest BCUT2D eigenvalue weighted by atomic mass is 16.6. The monoisotopic (exact) mass is 1090 g/mol. The molecular weight excluding hydrogens is 961 g/mol. The van der Waals surface area contributed by atoms with Crippen LogP contribution in [0.25, 0.3) is 0 Å². The van der Waals surface area contributed by atoms with Crippen LogP contribution < -0.4 is 0 Å². The quantitative estimate of drug-likeness (QED) is 0.0261. The van der Waals surface area contributed by atoms with Crippen molar-refractivity contribution >= 4 is 17.9 Å². The molecule has 0 aliphatic heterocycles. The minimum absolute atomic E-state index is 0.0815. The van der Waals surface area contributed by atoms with Gasteiger partial charge in [-0.3, -0.25) is 14.4 Å². The molecule has 0 spiro atoms. The van der Waals surface area contributed by atoms with Crippen molar-refractivity contribution < 1.29 is 28.6 Å². The van der Waals surface area contributed by atoms with Gasteiger partial charge in [0, 0.05) is 19.3 Å². The molecule has 0 N–H and O–H groups in total. The van der Waals surface area contributed by atoms with Crippen LogP contribution >= 0.6 is 0 Å². The zero-order valence-electron chi connectivity index (χ0n) is 51.9. The standard InChI is InChI=1S/C72H128O6/c1-4-7-10-13-16-19-22-25-28-31-32-33-34-35-36-37-38-39-40-42-44-47-50-53-56-59-62-65-71(74)77-68-69(67-76-70(73)64-61-58-55-52-49-46-43-30-27-24-21-18-15-12-9-6-3)78-72(75)66-63-60-57-54-51-48-45-41-29-26-23-20-17-14-11-8-5-2/h8,11,17,20,22,25-26,29,31-32,45,48,69H,4-7,9-10,12-16,18-19,21,23-24,27-28,30,33-44,46-47,49-68H2,1-3H3/b11-8-,20-17-,25-22-,29-26-,32-31-,48-45-. The van der Waals surface area contributed by atoms with E-state index in [2.05, 4.69) is 93.7 Å². The molecule has 0 aromatic rings. The first-order valence-corrected chi connectivity index (χ1v) is 33.9. The summed E-state index contributed by atoms with van der Waals surface area (Å²) >= 11 is 0. The van der Waals surface area contributed by atoms with Gasteiger partial charge in [-0.1, -0.05) is 312 Å². The van der Waals surface area contributed by atoms with Gasteiger partial charge >= 0.3 is 17.9 Å². The average molecular weight is 1090 g/mol. The Morgan fingerprint density at radius 3 is 0.782 bits per heavy atom. The predicted octanol–water partition coefficient (Wildman–Crippen LogP) is 23.3. The lowest BCUT2D eigenvalue weighted by Gasteiger charge is -2.18. The maximum atomic E-state index is 12.9. The first kappa shape index (κ1) is 74.8. The zero-order chi connectivity index (χ0) is 56.4. The Morgan fingerprint density at radius 1 is 0.269 bits per heavy atom. The molecule has 0 heterocycles. The van der Waals surface area contributed by atoms with Crippen LogP contribution in [0.5, 0.6) is 0 Å². The molecule has 0 aliphatic carbocycles. The van der Waals surface area contributed by atoms with Gasteiger partial charge in [0.1, 0.15) is 13.2 Å². The van der Waals surface area contributed by atoms with Crippen molar-refractivity contribution in [3.63, 3.8) is 0 Å². The Hall–Kier alpha value is -3.15. The summed E-state index contributed by atoms with van der Waals surface area (Å²) in [6.45, 7) is 6.55. The topological polar surface area (TPSA) is 78.9 Å². The molecule has 0 saturated heterocycles. The third-order valence-electron chi connectivity index (χ3n) is 14.9. The Morgan fingerprint density at radius 2 is 0.500 bits per heavy atom. The molecule has 1 unspecified atom stereocenters. The molecule has 78 heavy (non-hydrogen) atoms. The van der Waals surface area contributed by atoms with Crippen molar-refractivity contribution in [2.75, 3.05) is 13.2 Å². The van der Waals surface area contributed by atoms with Crippen LogP contribution in [0.2, 0.25) is 0 Å². The number of carbonyl (C=O) groups excluding carboxylic acids is 3. The van der Waals surface area contributed by atoms with Crippen LogP contribution in [0.15, 0.2) is 72.9 Å². The highest BCUT2D eigenvalue weighted by Crippen LogP contribution is 2.17. The van der Waals surface area contributed by atoms with E-state index in [1.54, 1.807) is 0 Å². The van der Waals surface area contributed by atoms with E-state index in [9.17, 15) is 14.4 Å². The summed E-state index contributed by atoms with van der Waals surface area (Å²) in [5.74, 6) is -0.886. The highest BCUT2D eigenvalue weighted by molar-refractivity contribution is 5.71. The summed E-state index contributed by atoms with van der Waals surface area (Å²) in [6, 6.07) is 0. The van der Waals surface area contributed by atoms with Crippen molar-refractivity contribution in [3.05, 3.63) is 72.9 Å². The molecule has 0 fully saturated rings. The average Bonchev–Trinajstić information content (AvgIpc) is 3.44. The minimum atomic E-state index is -0.788. The van der Waals surface area contributed by atoms with Crippen LogP contribution in [0.4, 0.5) is 0 Å². The van der Waals surface area contributed by atoms with E-state index in [-0.39, 0.29) is 31.1 Å². The summed E-state index contributed by atoms with van der Waals surface area (Å²) in [7, 11) is 0. The van der Waals surface area contributed by atoms with Gasteiger partial charge in [-0.15, -0.1) is 0 Å². The van der Waals surface area contributed by atoms with Crippen LogP contribution in [0, 0.1) is 0 Å². The van der Waals surface area contributed by atoms with Crippen molar-refractivity contribution in [2.45, 2.75) is 354 Å². The van der Waals surface area contributed by atoms with E-state index >= 15 is 0 Å². The van der Waals surface area contributed by atoms with Gasteiger partial charge in [0.2, 0.25) is 0 Å². The maximum Gasteiger partial charge on any atom is 0.306 e. The molecule has 6 heteroatoms.